The Balaban J connectivity index is 1.66. The lowest BCUT2D eigenvalue weighted by Gasteiger charge is -2.27. The number of esters is 1. The van der Waals surface area contributed by atoms with Crippen molar-refractivity contribution in [2.75, 3.05) is 0 Å². The van der Waals surface area contributed by atoms with Gasteiger partial charge in [0.1, 0.15) is 5.60 Å². The number of ether oxygens (including phenoxy) is 1. The molecule has 2 aliphatic rings. The Morgan fingerprint density at radius 2 is 2.13 bits per heavy atom. The molecule has 1 aliphatic heterocycles. The molecule has 1 spiro atoms. The van der Waals surface area contributed by atoms with Crippen LogP contribution in [0.15, 0.2) is 0 Å². The van der Waals surface area contributed by atoms with Crippen LogP contribution in [0.1, 0.15) is 67.4 Å². The molecule has 1 aromatic rings. The molecule has 1 saturated carbocycles. The summed E-state index contributed by atoms with van der Waals surface area (Å²) in [6.07, 6.45) is 3.90. The number of aryl methyl sites for hydroxylation is 1. The van der Waals surface area contributed by atoms with Gasteiger partial charge in [-0.1, -0.05) is 13.8 Å². The largest absolute Gasteiger partial charge is 0.458 e. The number of nitrogens with zero attached hydrogens (tertiary/aromatic N) is 1. The molecule has 126 valence electrons. The lowest BCUT2D eigenvalue weighted by Crippen LogP contribution is -2.42. The summed E-state index contributed by atoms with van der Waals surface area (Å²) >= 11 is 1.65. The van der Waals surface area contributed by atoms with Gasteiger partial charge in [0.2, 0.25) is 5.91 Å². The van der Waals surface area contributed by atoms with E-state index in [0.29, 0.717) is 12.5 Å². The molecule has 6 heteroatoms. The monoisotopic (exact) mass is 336 g/mol. The zero-order chi connectivity index (χ0) is 16.6. The topological polar surface area (TPSA) is 68.3 Å². The number of rotatable bonds is 4. The SMILES string of the molecule is Cc1nc(C(C)C)sc1CNC(=O)C1CC(=O)OC12CCCC2. The van der Waals surface area contributed by atoms with Crippen molar-refractivity contribution < 1.29 is 14.3 Å². The minimum absolute atomic E-state index is 0.0587. The van der Waals surface area contributed by atoms with E-state index in [1.54, 1.807) is 11.3 Å². The fraction of sp³-hybridized carbons (Fsp3) is 0.706. The van der Waals surface area contributed by atoms with Gasteiger partial charge in [-0.2, -0.15) is 0 Å². The molecule has 0 radical (unpaired) electrons. The van der Waals surface area contributed by atoms with Crippen LogP contribution in [0.4, 0.5) is 0 Å². The van der Waals surface area contributed by atoms with Gasteiger partial charge in [-0.25, -0.2) is 4.98 Å². The summed E-state index contributed by atoms with van der Waals surface area (Å²) in [6, 6.07) is 0. The molecule has 2 heterocycles. The highest BCUT2D eigenvalue weighted by Gasteiger charge is 2.53. The molecule has 1 saturated heterocycles. The van der Waals surface area contributed by atoms with Crippen molar-refractivity contribution in [2.45, 2.75) is 70.9 Å². The summed E-state index contributed by atoms with van der Waals surface area (Å²) < 4.78 is 5.55. The van der Waals surface area contributed by atoms with Crippen LogP contribution in [0.2, 0.25) is 0 Å². The molecule has 2 fully saturated rings. The number of nitrogens with one attached hydrogen (secondary N) is 1. The number of hydrogen-bond donors (Lipinski definition) is 1. The van der Waals surface area contributed by atoms with E-state index in [0.717, 1.165) is 41.3 Å². The molecule has 1 N–H and O–H groups in total. The van der Waals surface area contributed by atoms with E-state index in [1.165, 1.54) is 0 Å². The third-order valence-electron chi connectivity index (χ3n) is 4.92. The average Bonchev–Trinajstić information content (AvgIpc) is 3.17. The molecule has 3 rings (SSSR count). The minimum atomic E-state index is -0.535. The lowest BCUT2D eigenvalue weighted by atomic mass is 9.85. The Morgan fingerprint density at radius 1 is 1.43 bits per heavy atom. The Kier molecular flexibility index (Phi) is 4.45. The summed E-state index contributed by atoms with van der Waals surface area (Å²) in [7, 11) is 0. The highest BCUT2D eigenvalue weighted by atomic mass is 32.1. The number of aromatic nitrogens is 1. The number of amides is 1. The van der Waals surface area contributed by atoms with Crippen molar-refractivity contribution in [3.05, 3.63) is 15.6 Å². The van der Waals surface area contributed by atoms with Crippen molar-refractivity contribution in [1.29, 1.82) is 0 Å². The predicted octanol–water partition coefficient (Wildman–Crippen LogP) is 3.07. The van der Waals surface area contributed by atoms with Crippen LogP contribution < -0.4 is 5.32 Å². The van der Waals surface area contributed by atoms with E-state index in [1.807, 2.05) is 6.92 Å². The maximum Gasteiger partial charge on any atom is 0.307 e. The Morgan fingerprint density at radius 3 is 2.74 bits per heavy atom. The summed E-state index contributed by atoms with van der Waals surface area (Å²) in [5.41, 5.74) is 0.445. The normalized spacial score (nSPS) is 22.8. The van der Waals surface area contributed by atoms with Crippen molar-refractivity contribution in [2.24, 2.45) is 5.92 Å². The van der Waals surface area contributed by atoms with Gasteiger partial charge < -0.3 is 10.1 Å². The molecular formula is C17H24N2O3S. The first-order chi connectivity index (χ1) is 10.9. The fourth-order valence-electron chi connectivity index (χ4n) is 3.60. The molecule has 0 bridgehead atoms. The zero-order valence-corrected chi connectivity index (χ0v) is 14.8. The summed E-state index contributed by atoms with van der Waals surface area (Å²) in [5, 5.41) is 4.10. The van der Waals surface area contributed by atoms with Gasteiger partial charge in [-0.05, 0) is 32.6 Å². The van der Waals surface area contributed by atoms with Crippen LogP contribution in [0.25, 0.3) is 0 Å². The van der Waals surface area contributed by atoms with Crippen LogP contribution in [0, 0.1) is 12.8 Å². The Labute approximate surface area is 140 Å². The Bertz CT molecular complexity index is 617. The zero-order valence-electron chi connectivity index (χ0n) is 14.0. The van der Waals surface area contributed by atoms with Crippen LogP contribution in [-0.2, 0) is 20.9 Å². The van der Waals surface area contributed by atoms with E-state index < -0.39 is 5.60 Å². The van der Waals surface area contributed by atoms with Gasteiger partial charge in [0, 0.05) is 10.8 Å². The summed E-state index contributed by atoms with van der Waals surface area (Å²) in [4.78, 5) is 30.0. The smallest absolute Gasteiger partial charge is 0.307 e. The molecule has 23 heavy (non-hydrogen) atoms. The molecular weight excluding hydrogens is 312 g/mol. The fourth-order valence-corrected chi connectivity index (χ4v) is 4.61. The first-order valence-electron chi connectivity index (χ1n) is 8.37. The quantitative estimate of drug-likeness (QED) is 0.858. The molecule has 1 amide bonds. The predicted molar refractivity (Wildman–Crippen MR) is 88.2 cm³/mol. The maximum absolute atomic E-state index is 12.6. The van der Waals surface area contributed by atoms with Crippen LogP contribution in [-0.4, -0.2) is 22.5 Å². The van der Waals surface area contributed by atoms with Gasteiger partial charge in [0.25, 0.3) is 0 Å². The second-order valence-electron chi connectivity index (χ2n) is 6.94. The first kappa shape index (κ1) is 16.4. The second-order valence-corrected chi connectivity index (χ2v) is 8.05. The van der Waals surface area contributed by atoms with Crippen LogP contribution >= 0.6 is 11.3 Å². The van der Waals surface area contributed by atoms with Gasteiger partial charge in [0.05, 0.1) is 29.6 Å². The molecule has 1 aliphatic carbocycles. The van der Waals surface area contributed by atoms with E-state index >= 15 is 0 Å². The average molecular weight is 336 g/mol. The van der Waals surface area contributed by atoms with Gasteiger partial charge >= 0.3 is 5.97 Å². The number of carbonyl (C=O) groups excluding carboxylic acids is 2. The molecule has 1 aromatic heterocycles. The van der Waals surface area contributed by atoms with Crippen molar-refractivity contribution in [3.63, 3.8) is 0 Å². The summed E-state index contributed by atoms with van der Waals surface area (Å²) in [5.74, 6) is -0.235. The number of carbonyl (C=O) groups is 2. The highest BCUT2D eigenvalue weighted by molar-refractivity contribution is 7.11. The number of thiazole rings is 1. The second kappa shape index (κ2) is 6.23. The highest BCUT2D eigenvalue weighted by Crippen LogP contribution is 2.45. The number of hydrogen-bond acceptors (Lipinski definition) is 5. The summed E-state index contributed by atoms with van der Waals surface area (Å²) in [6.45, 7) is 6.69. The third kappa shape index (κ3) is 3.13. The molecule has 1 unspecified atom stereocenters. The van der Waals surface area contributed by atoms with Crippen molar-refractivity contribution in [3.8, 4) is 0 Å². The van der Waals surface area contributed by atoms with Crippen LogP contribution in [0.5, 0.6) is 0 Å². The third-order valence-corrected chi connectivity index (χ3v) is 6.37. The van der Waals surface area contributed by atoms with E-state index in [9.17, 15) is 9.59 Å². The van der Waals surface area contributed by atoms with Gasteiger partial charge in [-0.3, -0.25) is 9.59 Å². The standard InChI is InChI=1S/C17H24N2O3S/c1-10(2)16-19-11(3)13(23-16)9-18-15(21)12-8-14(20)22-17(12)6-4-5-7-17/h10,12H,4-9H2,1-3H3,(H,18,21). The minimum Gasteiger partial charge on any atom is -0.458 e. The van der Waals surface area contributed by atoms with E-state index in [2.05, 4.69) is 24.1 Å². The van der Waals surface area contributed by atoms with Crippen molar-refractivity contribution >= 4 is 23.2 Å². The maximum atomic E-state index is 12.6. The molecule has 5 nitrogen and oxygen atoms in total. The van der Waals surface area contributed by atoms with Crippen molar-refractivity contribution in [1.82, 2.24) is 10.3 Å². The van der Waals surface area contributed by atoms with Gasteiger partial charge in [-0.15, -0.1) is 11.3 Å². The van der Waals surface area contributed by atoms with E-state index in [-0.39, 0.29) is 24.2 Å². The molecule has 1 atom stereocenters. The lowest BCUT2D eigenvalue weighted by molar-refractivity contribution is -0.149. The van der Waals surface area contributed by atoms with Crippen LogP contribution in [0.3, 0.4) is 0 Å². The molecule has 0 aromatic carbocycles. The van der Waals surface area contributed by atoms with Gasteiger partial charge in [0.15, 0.2) is 0 Å². The Hall–Kier alpha value is -1.43. The van der Waals surface area contributed by atoms with E-state index in [4.69, 9.17) is 4.74 Å². The first-order valence-corrected chi connectivity index (χ1v) is 9.19.